The number of Topliss-reactive ketones (excluding diaryl/α,β-unsaturated/α-hetero) is 1. The Labute approximate surface area is 145 Å². The lowest BCUT2D eigenvalue weighted by Crippen LogP contribution is -2.10. The fourth-order valence-electron chi connectivity index (χ4n) is 2.51. The number of nitrogens with zero attached hydrogens (tertiary/aromatic N) is 1. The highest BCUT2D eigenvalue weighted by Gasteiger charge is 2.20. The molecule has 2 aromatic carbocycles. The summed E-state index contributed by atoms with van der Waals surface area (Å²) < 4.78 is 10.6. The average Bonchev–Trinajstić information content (AvgIpc) is 2.60. The number of methoxy groups -OCH3 is 2. The van der Waals surface area contributed by atoms with Gasteiger partial charge in [-0.1, -0.05) is 0 Å². The second kappa shape index (κ2) is 7.65. The van der Waals surface area contributed by atoms with E-state index in [1.807, 2.05) is 13.0 Å². The third-order valence-corrected chi connectivity index (χ3v) is 3.88. The monoisotopic (exact) mass is 344 g/mol. The largest absolute Gasteiger partial charge is 0.497 e. The SMILES string of the molecule is COc1ccc(OC)c([C@@H](C)Nc2ccc(C(C)=O)cc2[N+](=O)[O-])c1. The predicted molar refractivity (Wildman–Crippen MR) is 94.7 cm³/mol. The van der Waals surface area contributed by atoms with E-state index in [1.54, 1.807) is 32.4 Å². The Bertz CT molecular complexity index is 804. The van der Waals surface area contributed by atoms with Gasteiger partial charge in [-0.05, 0) is 44.2 Å². The van der Waals surface area contributed by atoms with Crippen molar-refractivity contribution in [3.8, 4) is 11.5 Å². The maximum Gasteiger partial charge on any atom is 0.293 e. The van der Waals surface area contributed by atoms with Crippen molar-refractivity contribution in [2.75, 3.05) is 19.5 Å². The van der Waals surface area contributed by atoms with E-state index in [1.165, 1.54) is 19.1 Å². The van der Waals surface area contributed by atoms with Crippen LogP contribution < -0.4 is 14.8 Å². The molecule has 0 radical (unpaired) electrons. The van der Waals surface area contributed by atoms with Gasteiger partial charge in [0, 0.05) is 17.2 Å². The molecule has 0 spiro atoms. The van der Waals surface area contributed by atoms with Crippen LogP contribution >= 0.6 is 0 Å². The number of nitro benzene ring substituents is 1. The minimum atomic E-state index is -0.510. The summed E-state index contributed by atoms with van der Waals surface area (Å²) in [5, 5.41) is 14.5. The molecule has 0 fully saturated rings. The number of hydrogen-bond acceptors (Lipinski definition) is 6. The molecule has 0 heterocycles. The summed E-state index contributed by atoms with van der Waals surface area (Å²) in [5.41, 5.74) is 1.27. The molecule has 0 bridgehead atoms. The number of nitro groups is 1. The van der Waals surface area contributed by atoms with E-state index in [0.717, 1.165) is 5.56 Å². The highest BCUT2D eigenvalue weighted by molar-refractivity contribution is 5.95. The third-order valence-electron chi connectivity index (χ3n) is 3.88. The first-order chi connectivity index (χ1) is 11.9. The number of ketones is 1. The molecule has 1 N–H and O–H groups in total. The van der Waals surface area contributed by atoms with Gasteiger partial charge in [-0.2, -0.15) is 0 Å². The van der Waals surface area contributed by atoms with Gasteiger partial charge in [0.25, 0.3) is 5.69 Å². The summed E-state index contributed by atoms with van der Waals surface area (Å²) in [6.45, 7) is 3.23. The molecule has 0 aliphatic rings. The lowest BCUT2D eigenvalue weighted by atomic mass is 10.0. The number of carbonyl (C=O) groups is 1. The predicted octanol–water partition coefficient (Wildman–Crippen LogP) is 3.99. The van der Waals surface area contributed by atoms with Crippen molar-refractivity contribution in [2.45, 2.75) is 19.9 Å². The van der Waals surface area contributed by atoms with Crippen LogP contribution in [0.2, 0.25) is 0 Å². The Hall–Kier alpha value is -3.09. The van der Waals surface area contributed by atoms with E-state index in [4.69, 9.17) is 9.47 Å². The van der Waals surface area contributed by atoms with Crippen LogP contribution in [-0.4, -0.2) is 24.9 Å². The molecular formula is C18H20N2O5. The third kappa shape index (κ3) is 4.06. The smallest absolute Gasteiger partial charge is 0.293 e. The van der Waals surface area contributed by atoms with E-state index in [2.05, 4.69) is 5.32 Å². The minimum absolute atomic E-state index is 0.151. The molecule has 1 atom stereocenters. The number of hydrogen-bond donors (Lipinski definition) is 1. The number of benzene rings is 2. The zero-order chi connectivity index (χ0) is 18.6. The molecule has 2 rings (SSSR count). The Morgan fingerprint density at radius 1 is 1.16 bits per heavy atom. The van der Waals surface area contributed by atoms with Gasteiger partial charge in [-0.15, -0.1) is 0 Å². The van der Waals surface area contributed by atoms with Crippen LogP contribution in [0, 0.1) is 10.1 Å². The van der Waals surface area contributed by atoms with E-state index in [0.29, 0.717) is 22.7 Å². The van der Waals surface area contributed by atoms with Gasteiger partial charge in [0.1, 0.15) is 17.2 Å². The van der Waals surface area contributed by atoms with Gasteiger partial charge in [0.05, 0.1) is 25.2 Å². The normalized spacial score (nSPS) is 11.5. The standard InChI is InChI=1S/C18H20N2O5/c1-11(15-10-14(24-3)6-8-18(15)25-4)19-16-7-5-13(12(2)21)9-17(16)20(22)23/h5-11,19H,1-4H3/t11-/m1/s1. The topological polar surface area (TPSA) is 90.7 Å². The summed E-state index contributed by atoms with van der Waals surface area (Å²) in [6, 6.07) is 9.46. The molecule has 0 amide bonds. The number of carbonyl (C=O) groups excluding carboxylic acids is 1. The van der Waals surface area contributed by atoms with Crippen LogP contribution in [0.3, 0.4) is 0 Å². The molecule has 7 nitrogen and oxygen atoms in total. The summed E-state index contributed by atoms with van der Waals surface area (Å²) >= 11 is 0. The van der Waals surface area contributed by atoms with Gasteiger partial charge in [0.15, 0.2) is 5.78 Å². The molecule has 0 aliphatic heterocycles. The van der Waals surface area contributed by atoms with E-state index in [9.17, 15) is 14.9 Å². The second-order valence-corrected chi connectivity index (χ2v) is 5.52. The van der Waals surface area contributed by atoms with Gasteiger partial charge < -0.3 is 14.8 Å². The van der Waals surface area contributed by atoms with Crippen LogP contribution in [0.5, 0.6) is 11.5 Å². The Kier molecular flexibility index (Phi) is 5.59. The molecular weight excluding hydrogens is 324 g/mol. The molecule has 2 aromatic rings. The quantitative estimate of drug-likeness (QED) is 0.464. The zero-order valence-corrected chi connectivity index (χ0v) is 14.5. The first-order valence-corrected chi connectivity index (χ1v) is 7.65. The van der Waals surface area contributed by atoms with Crippen LogP contribution in [0.4, 0.5) is 11.4 Å². The highest BCUT2D eigenvalue weighted by Crippen LogP contribution is 2.34. The zero-order valence-electron chi connectivity index (χ0n) is 14.5. The van der Waals surface area contributed by atoms with Crippen LogP contribution in [-0.2, 0) is 0 Å². The summed E-state index contributed by atoms with van der Waals surface area (Å²) in [4.78, 5) is 22.3. The summed E-state index contributed by atoms with van der Waals surface area (Å²) in [7, 11) is 3.12. The van der Waals surface area contributed by atoms with Gasteiger partial charge in [-0.25, -0.2) is 0 Å². The molecule has 25 heavy (non-hydrogen) atoms. The summed E-state index contributed by atoms with van der Waals surface area (Å²) in [6.07, 6.45) is 0. The van der Waals surface area contributed by atoms with Crippen molar-refractivity contribution >= 4 is 17.2 Å². The second-order valence-electron chi connectivity index (χ2n) is 5.52. The van der Waals surface area contributed by atoms with Gasteiger partial charge in [-0.3, -0.25) is 14.9 Å². The molecule has 132 valence electrons. The van der Waals surface area contributed by atoms with Crippen molar-refractivity contribution in [3.63, 3.8) is 0 Å². The van der Waals surface area contributed by atoms with Crippen LogP contribution in [0.15, 0.2) is 36.4 Å². The van der Waals surface area contributed by atoms with Gasteiger partial charge >= 0.3 is 0 Å². The fourth-order valence-corrected chi connectivity index (χ4v) is 2.51. The van der Waals surface area contributed by atoms with E-state index < -0.39 is 4.92 Å². The van der Waals surface area contributed by atoms with E-state index in [-0.39, 0.29) is 17.5 Å². The van der Waals surface area contributed by atoms with Crippen LogP contribution in [0.25, 0.3) is 0 Å². The van der Waals surface area contributed by atoms with E-state index >= 15 is 0 Å². The maximum atomic E-state index is 11.5. The number of anilines is 1. The maximum absolute atomic E-state index is 11.5. The van der Waals surface area contributed by atoms with Crippen molar-refractivity contribution < 1.29 is 19.2 Å². The Morgan fingerprint density at radius 2 is 1.88 bits per heavy atom. The number of rotatable bonds is 7. The number of nitrogens with one attached hydrogen (secondary N) is 1. The average molecular weight is 344 g/mol. The molecule has 0 saturated heterocycles. The minimum Gasteiger partial charge on any atom is -0.497 e. The Balaban J connectivity index is 2.39. The molecule has 7 heteroatoms. The van der Waals surface area contributed by atoms with Crippen molar-refractivity contribution in [1.29, 1.82) is 0 Å². The van der Waals surface area contributed by atoms with Crippen molar-refractivity contribution in [3.05, 3.63) is 57.6 Å². The first-order valence-electron chi connectivity index (χ1n) is 7.65. The highest BCUT2D eigenvalue weighted by atomic mass is 16.6. The molecule has 0 saturated carbocycles. The molecule has 0 aromatic heterocycles. The fraction of sp³-hybridized carbons (Fsp3) is 0.278. The summed E-state index contributed by atoms with van der Waals surface area (Å²) in [5.74, 6) is 1.08. The Morgan fingerprint density at radius 3 is 2.44 bits per heavy atom. The lowest BCUT2D eigenvalue weighted by molar-refractivity contribution is -0.384. The van der Waals surface area contributed by atoms with Gasteiger partial charge in [0.2, 0.25) is 0 Å². The molecule has 0 unspecified atom stereocenters. The first kappa shape index (κ1) is 18.3. The molecule has 0 aliphatic carbocycles. The van der Waals surface area contributed by atoms with Crippen molar-refractivity contribution in [2.24, 2.45) is 0 Å². The van der Waals surface area contributed by atoms with Crippen molar-refractivity contribution in [1.82, 2.24) is 0 Å². The van der Waals surface area contributed by atoms with Crippen LogP contribution in [0.1, 0.15) is 35.8 Å². The lowest BCUT2D eigenvalue weighted by Gasteiger charge is -2.19. The number of ether oxygens (including phenoxy) is 2.